The summed E-state index contributed by atoms with van der Waals surface area (Å²) in [6.45, 7) is 14.4. The van der Waals surface area contributed by atoms with Crippen molar-refractivity contribution in [3.63, 3.8) is 0 Å². The molecule has 2 amide bonds. The minimum absolute atomic E-state index is 0.00524. The zero-order valence-corrected chi connectivity index (χ0v) is 25.3. The standard InChI is InChI=1S/C30H44ClN5O4/c1-8-9-10-27(35-15-17-36(18-16-35)29(38)40-30(3,4)5)24-12-11-23(31)19-25(24)22(2)26(13-14-33-21-32-6)34-28(37)20-39-7/h8-9,11-14,19,21,26-27H,2,10,15-18,20H2,1,3-7H3,(H,32,33)(H,34,37)/b9-8-,14-13+. The first kappa shape index (κ1) is 33.1. The Morgan fingerprint density at radius 2 is 1.93 bits per heavy atom. The van der Waals surface area contributed by atoms with Crippen molar-refractivity contribution in [2.24, 2.45) is 4.99 Å². The molecule has 1 heterocycles. The molecule has 1 fully saturated rings. The maximum atomic E-state index is 12.6. The Hall–Kier alpha value is -3.14. The number of benzene rings is 1. The summed E-state index contributed by atoms with van der Waals surface area (Å²) < 4.78 is 10.6. The number of hydrogen-bond donors (Lipinski definition) is 2. The van der Waals surface area contributed by atoms with Crippen molar-refractivity contribution < 1.29 is 19.1 Å². The van der Waals surface area contributed by atoms with E-state index in [1.54, 1.807) is 24.5 Å². The number of methoxy groups -OCH3 is 1. The van der Waals surface area contributed by atoms with E-state index in [1.165, 1.54) is 7.11 Å². The molecule has 220 valence electrons. The van der Waals surface area contributed by atoms with Crippen LogP contribution in [-0.4, -0.2) is 86.7 Å². The zero-order valence-electron chi connectivity index (χ0n) is 24.6. The van der Waals surface area contributed by atoms with Crippen LogP contribution in [0.3, 0.4) is 0 Å². The number of allylic oxidation sites excluding steroid dienone is 1. The number of nitrogens with zero attached hydrogens (tertiary/aromatic N) is 3. The molecule has 9 nitrogen and oxygen atoms in total. The molecule has 2 rings (SSSR count). The van der Waals surface area contributed by atoms with Crippen molar-refractivity contribution in [3.8, 4) is 0 Å². The summed E-state index contributed by atoms with van der Waals surface area (Å²) >= 11 is 6.49. The van der Waals surface area contributed by atoms with E-state index >= 15 is 0 Å². The Morgan fingerprint density at radius 3 is 2.52 bits per heavy atom. The van der Waals surface area contributed by atoms with Crippen LogP contribution in [0.1, 0.15) is 51.3 Å². The number of nitrogens with one attached hydrogen (secondary N) is 2. The molecule has 1 aromatic carbocycles. The fourth-order valence-electron chi connectivity index (χ4n) is 4.41. The molecule has 1 saturated heterocycles. The second-order valence-corrected chi connectivity index (χ2v) is 10.9. The highest BCUT2D eigenvalue weighted by molar-refractivity contribution is 6.30. The SMILES string of the molecule is C=C(c1cc(Cl)ccc1C(C/C=C\C)N1CCN(C(=O)OC(C)(C)C)CC1)C(/C=C/NC=NC)NC(=O)COC. The van der Waals surface area contributed by atoms with Crippen LogP contribution in [-0.2, 0) is 14.3 Å². The number of rotatable bonds is 12. The summed E-state index contributed by atoms with van der Waals surface area (Å²) in [5.41, 5.74) is 2.05. The first-order chi connectivity index (χ1) is 19.0. The van der Waals surface area contributed by atoms with E-state index in [1.807, 2.05) is 58.0 Å². The predicted molar refractivity (Wildman–Crippen MR) is 163 cm³/mol. The molecule has 40 heavy (non-hydrogen) atoms. The Bertz CT molecular complexity index is 1090. The molecule has 0 saturated carbocycles. The van der Waals surface area contributed by atoms with Gasteiger partial charge in [-0.25, -0.2) is 4.79 Å². The molecule has 0 aromatic heterocycles. The molecule has 0 aliphatic carbocycles. The maximum Gasteiger partial charge on any atom is 0.410 e. The van der Waals surface area contributed by atoms with Crippen molar-refractivity contribution >= 4 is 35.5 Å². The van der Waals surface area contributed by atoms with Crippen LogP contribution >= 0.6 is 11.6 Å². The molecule has 2 atom stereocenters. The minimum Gasteiger partial charge on any atom is -0.444 e. The number of halogens is 1. The Kier molecular flexibility index (Phi) is 13.4. The topological polar surface area (TPSA) is 95.5 Å². The summed E-state index contributed by atoms with van der Waals surface area (Å²) in [6, 6.07) is 5.27. The fourth-order valence-corrected chi connectivity index (χ4v) is 4.58. The van der Waals surface area contributed by atoms with Crippen LogP contribution in [0.4, 0.5) is 4.79 Å². The van der Waals surface area contributed by atoms with Crippen molar-refractivity contribution in [2.45, 2.75) is 51.8 Å². The lowest BCUT2D eigenvalue weighted by molar-refractivity contribution is -0.124. The summed E-state index contributed by atoms with van der Waals surface area (Å²) in [4.78, 5) is 33.2. The Labute approximate surface area is 243 Å². The third kappa shape index (κ3) is 10.4. The average molecular weight is 574 g/mol. The molecule has 2 N–H and O–H groups in total. The largest absolute Gasteiger partial charge is 0.444 e. The van der Waals surface area contributed by atoms with E-state index < -0.39 is 11.6 Å². The van der Waals surface area contributed by atoms with Crippen LogP contribution in [0.5, 0.6) is 0 Å². The van der Waals surface area contributed by atoms with E-state index in [0.29, 0.717) is 36.8 Å². The van der Waals surface area contributed by atoms with Gasteiger partial charge in [-0.2, -0.15) is 0 Å². The van der Waals surface area contributed by atoms with Crippen molar-refractivity contribution in [1.82, 2.24) is 20.4 Å². The molecular formula is C30H44ClN5O4. The van der Waals surface area contributed by atoms with E-state index in [2.05, 4.69) is 33.2 Å². The second-order valence-electron chi connectivity index (χ2n) is 10.5. The number of aliphatic imine (C=N–C) groups is 1. The number of amides is 2. The van der Waals surface area contributed by atoms with E-state index in [4.69, 9.17) is 21.1 Å². The van der Waals surface area contributed by atoms with Crippen molar-refractivity contribution in [1.29, 1.82) is 0 Å². The quantitative estimate of drug-likeness (QED) is 0.212. The molecule has 1 aromatic rings. The van der Waals surface area contributed by atoms with Crippen molar-refractivity contribution in [2.75, 3.05) is 46.9 Å². The summed E-state index contributed by atoms with van der Waals surface area (Å²) in [7, 11) is 3.13. The van der Waals surface area contributed by atoms with Gasteiger partial charge in [0.25, 0.3) is 0 Å². The van der Waals surface area contributed by atoms with Gasteiger partial charge in [0.2, 0.25) is 5.91 Å². The maximum absolute atomic E-state index is 12.6. The lowest BCUT2D eigenvalue weighted by atomic mass is 9.89. The molecular weight excluding hydrogens is 530 g/mol. The highest BCUT2D eigenvalue weighted by Gasteiger charge is 2.31. The molecule has 1 aliphatic rings. The van der Waals surface area contributed by atoms with E-state index in [9.17, 15) is 9.59 Å². The van der Waals surface area contributed by atoms with Gasteiger partial charge in [0.05, 0.1) is 12.4 Å². The van der Waals surface area contributed by atoms with E-state index in [0.717, 1.165) is 17.5 Å². The Balaban J connectivity index is 2.39. The highest BCUT2D eigenvalue weighted by atomic mass is 35.5. The van der Waals surface area contributed by atoms with Gasteiger partial charge in [0.15, 0.2) is 0 Å². The fraction of sp³-hybridized carbons (Fsp3) is 0.500. The molecule has 10 heteroatoms. The van der Waals surface area contributed by atoms with Gasteiger partial charge in [-0.3, -0.25) is 14.7 Å². The highest BCUT2D eigenvalue weighted by Crippen LogP contribution is 2.35. The van der Waals surface area contributed by atoms with Gasteiger partial charge in [-0.05, 0) is 69.0 Å². The number of hydrogen-bond acceptors (Lipinski definition) is 6. The minimum atomic E-state index is -0.538. The van der Waals surface area contributed by atoms with Crippen LogP contribution < -0.4 is 10.6 Å². The second kappa shape index (κ2) is 16.2. The lowest BCUT2D eigenvalue weighted by Gasteiger charge is -2.40. The summed E-state index contributed by atoms with van der Waals surface area (Å²) in [6.07, 6.45) is 9.69. The number of carbonyl (C=O) groups excluding carboxylic acids is 2. The molecule has 0 radical (unpaired) electrons. The Morgan fingerprint density at radius 1 is 1.23 bits per heavy atom. The number of carbonyl (C=O) groups is 2. The summed E-state index contributed by atoms with van der Waals surface area (Å²) in [5, 5.41) is 6.50. The van der Waals surface area contributed by atoms with Gasteiger partial charge >= 0.3 is 6.09 Å². The first-order valence-corrected chi connectivity index (χ1v) is 13.8. The van der Waals surface area contributed by atoms with Crippen LogP contribution in [0.2, 0.25) is 5.02 Å². The summed E-state index contributed by atoms with van der Waals surface area (Å²) in [5.74, 6) is -0.269. The molecule has 1 aliphatic heterocycles. The van der Waals surface area contributed by atoms with Gasteiger partial charge in [0.1, 0.15) is 12.2 Å². The van der Waals surface area contributed by atoms with Gasteiger partial charge in [-0.1, -0.05) is 36.4 Å². The zero-order chi connectivity index (χ0) is 29.7. The van der Waals surface area contributed by atoms with Gasteiger partial charge in [-0.15, -0.1) is 0 Å². The third-order valence-corrected chi connectivity index (χ3v) is 6.51. The van der Waals surface area contributed by atoms with Crippen molar-refractivity contribution in [3.05, 3.63) is 65.4 Å². The van der Waals surface area contributed by atoms with E-state index in [-0.39, 0.29) is 24.6 Å². The lowest BCUT2D eigenvalue weighted by Crippen LogP contribution is -2.50. The third-order valence-electron chi connectivity index (χ3n) is 6.28. The number of piperazine rings is 1. The van der Waals surface area contributed by atoms with Crippen LogP contribution in [0.25, 0.3) is 5.57 Å². The van der Waals surface area contributed by atoms with Crippen LogP contribution in [0, 0.1) is 0 Å². The first-order valence-electron chi connectivity index (χ1n) is 13.4. The monoisotopic (exact) mass is 573 g/mol. The smallest absolute Gasteiger partial charge is 0.410 e. The average Bonchev–Trinajstić information content (AvgIpc) is 2.90. The number of ether oxygens (including phenoxy) is 2. The molecule has 2 unspecified atom stereocenters. The molecule has 0 spiro atoms. The van der Waals surface area contributed by atoms with Crippen LogP contribution in [0.15, 0.2) is 54.2 Å². The predicted octanol–water partition coefficient (Wildman–Crippen LogP) is 4.81. The normalized spacial score (nSPS) is 16.4. The van der Waals surface area contributed by atoms with Gasteiger partial charge < -0.3 is 25.0 Å². The molecule has 0 bridgehead atoms. The van der Waals surface area contributed by atoms with Gasteiger partial charge in [0, 0.05) is 57.6 Å².